The number of esters is 2. The molecule has 0 amide bonds. The molecule has 2 aliphatic rings. The zero-order valence-electron chi connectivity index (χ0n) is 27.9. The molecule has 4 heterocycles. The highest BCUT2D eigenvalue weighted by atomic mass is 16.7. The van der Waals surface area contributed by atoms with E-state index in [4.69, 9.17) is 23.4 Å². The number of allylic oxidation sites excluding steroid dienone is 1. The SMILES string of the molecule is C.C=CCc1ccncc1C(=O)OC.CC1(C)O[B]OC1(C)C.COC(=O)c1cnccc1CCCB1OC(C)(C)C(C)(C)O1. The van der Waals surface area contributed by atoms with Crippen molar-refractivity contribution in [3.8, 4) is 0 Å². The standard InChI is InChI=1S/C16H24BNO4.C10H11NO2.C6H12BO2.CH4/c1-15(2)16(3,4)22-17(21-15)9-6-7-12-8-10-18-11-13(12)14(19)20-5;1-3-4-8-5-6-11-7-9(8)10(12)13-2;1-5(2)6(3,4)9-7-8-5;/h8,10-11H,6-7,9H2,1-5H3;3,5-7H,1,4H2,2H3;1-4H3;1H4. The van der Waals surface area contributed by atoms with E-state index in [1.54, 1.807) is 30.7 Å². The minimum absolute atomic E-state index is 0. The van der Waals surface area contributed by atoms with Gasteiger partial charge >= 0.3 is 26.7 Å². The maximum absolute atomic E-state index is 11.7. The first kappa shape index (κ1) is 40.0. The molecule has 4 rings (SSSR count). The van der Waals surface area contributed by atoms with Gasteiger partial charge in [0.05, 0.1) is 47.8 Å². The van der Waals surface area contributed by atoms with Gasteiger partial charge in [-0.2, -0.15) is 0 Å². The average molecular weight is 625 g/mol. The lowest BCUT2D eigenvalue weighted by atomic mass is 9.81. The molecule has 0 saturated carbocycles. The van der Waals surface area contributed by atoms with Gasteiger partial charge < -0.3 is 28.1 Å². The maximum atomic E-state index is 11.7. The largest absolute Gasteiger partial charge is 0.488 e. The van der Waals surface area contributed by atoms with Crippen LogP contribution in [0.15, 0.2) is 49.6 Å². The van der Waals surface area contributed by atoms with E-state index in [1.165, 1.54) is 28.1 Å². The van der Waals surface area contributed by atoms with E-state index in [1.807, 2.05) is 61.5 Å². The Bertz CT molecular complexity index is 1240. The lowest BCUT2D eigenvalue weighted by Gasteiger charge is -2.32. The van der Waals surface area contributed by atoms with Crippen LogP contribution in [0, 0.1) is 0 Å². The average Bonchev–Trinajstić information content (AvgIpc) is 3.34. The molecule has 2 saturated heterocycles. The number of ether oxygens (including phenoxy) is 2. The topological polar surface area (TPSA) is 115 Å². The molecule has 0 spiro atoms. The van der Waals surface area contributed by atoms with Crippen molar-refractivity contribution in [2.45, 2.75) is 111 Å². The third-order valence-electron chi connectivity index (χ3n) is 8.32. The fourth-order valence-electron chi connectivity index (χ4n) is 4.08. The number of nitrogens with zero attached hydrogens (tertiary/aromatic N) is 2. The molecule has 0 unspecified atom stereocenters. The molecule has 2 aliphatic heterocycles. The summed E-state index contributed by atoms with van der Waals surface area (Å²) in [7, 11) is 3.95. The lowest BCUT2D eigenvalue weighted by Crippen LogP contribution is -2.41. The molecule has 12 heteroatoms. The van der Waals surface area contributed by atoms with E-state index in [9.17, 15) is 9.59 Å². The summed E-state index contributed by atoms with van der Waals surface area (Å²) in [6, 6.07) is 3.64. The van der Waals surface area contributed by atoms with Crippen molar-refractivity contribution in [2.75, 3.05) is 14.2 Å². The van der Waals surface area contributed by atoms with Gasteiger partial charge in [-0.3, -0.25) is 9.97 Å². The summed E-state index contributed by atoms with van der Waals surface area (Å²) < 4.78 is 31.8. The van der Waals surface area contributed by atoms with Crippen molar-refractivity contribution < 1.29 is 37.7 Å². The third kappa shape index (κ3) is 10.8. The van der Waals surface area contributed by atoms with Gasteiger partial charge in [0.15, 0.2) is 0 Å². The molecule has 0 aromatic carbocycles. The zero-order chi connectivity index (χ0) is 33.2. The van der Waals surface area contributed by atoms with E-state index in [2.05, 4.69) is 21.3 Å². The fraction of sp³-hybridized carbons (Fsp3) is 0.576. The first-order valence-electron chi connectivity index (χ1n) is 14.7. The fourth-order valence-corrected chi connectivity index (χ4v) is 4.08. The molecular formula is C33H51B2N2O8. The van der Waals surface area contributed by atoms with Gasteiger partial charge in [-0.25, -0.2) is 9.59 Å². The minimum atomic E-state index is -0.357. The number of hydrogen-bond acceptors (Lipinski definition) is 10. The Labute approximate surface area is 271 Å². The number of aryl methyl sites for hydroxylation is 1. The molecule has 2 fully saturated rings. The Balaban J connectivity index is 0.000000373. The van der Waals surface area contributed by atoms with Crippen molar-refractivity contribution in [1.82, 2.24) is 9.97 Å². The number of carbonyl (C=O) groups excluding carboxylic acids is 2. The molecule has 45 heavy (non-hydrogen) atoms. The molecule has 1 radical (unpaired) electrons. The molecule has 0 bridgehead atoms. The van der Waals surface area contributed by atoms with Crippen molar-refractivity contribution >= 4 is 26.7 Å². The van der Waals surface area contributed by atoms with Gasteiger partial charge in [-0.15, -0.1) is 6.58 Å². The van der Waals surface area contributed by atoms with Crippen LogP contribution >= 0.6 is 0 Å². The van der Waals surface area contributed by atoms with Crippen molar-refractivity contribution in [1.29, 1.82) is 0 Å². The Morgan fingerprint density at radius 3 is 1.67 bits per heavy atom. The maximum Gasteiger partial charge on any atom is 0.488 e. The van der Waals surface area contributed by atoms with Crippen LogP contribution in [-0.2, 0) is 40.9 Å². The lowest BCUT2D eigenvalue weighted by molar-refractivity contribution is 0.00578. The predicted molar refractivity (Wildman–Crippen MR) is 177 cm³/mol. The van der Waals surface area contributed by atoms with Crippen LogP contribution in [0.25, 0.3) is 0 Å². The normalized spacial score (nSPS) is 18.0. The van der Waals surface area contributed by atoms with Crippen LogP contribution in [0.4, 0.5) is 0 Å². The highest BCUT2D eigenvalue weighted by molar-refractivity contribution is 6.45. The van der Waals surface area contributed by atoms with Gasteiger partial charge in [0.25, 0.3) is 0 Å². The van der Waals surface area contributed by atoms with Gasteiger partial charge in [0, 0.05) is 24.8 Å². The van der Waals surface area contributed by atoms with Crippen molar-refractivity contribution in [3.05, 3.63) is 71.8 Å². The second-order valence-electron chi connectivity index (χ2n) is 12.5. The van der Waals surface area contributed by atoms with Crippen molar-refractivity contribution in [2.24, 2.45) is 0 Å². The first-order valence-corrected chi connectivity index (χ1v) is 14.7. The quantitative estimate of drug-likeness (QED) is 0.189. The molecular weight excluding hydrogens is 574 g/mol. The van der Waals surface area contributed by atoms with Gasteiger partial charge in [-0.1, -0.05) is 19.9 Å². The number of pyridine rings is 2. The Kier molecular flexibility index (Phi) is 15.1. The smallest absolute Gasteiger partial charge is 0.465 e. The van der Waals surface area contributed by atoms with Crippen LogP contribution in [0.1, 0.15) is 101 Å². The summed E-state index contributed by atoms with van der Waals surface area (Å²) in [5.74, 6) is -0.705. The number of hydrogen-bond donors (Lipinski definition) is 0. The van der Waals surface area contributed by atoms with Crippen LogP contribution < -0.4 is 0 Å². The third-order valence-corrected chi connectivity index (χ3v) is 8.32. The number of rotatable bonds is 8. The summed E-state index contributed by atoms with van der Waals surface area (Å²) in [4.78, 5) is 30.8. The molecule has 0 atom stereocenters. The summed E-state index contributed by atoms with van der Waals surface area (Å²) >= 11 is 0. The number of aromatic nitrogens is 2. The second kappa shape index (κ2) is 17.0. The van der Waals surface area contributed by atoms with Crippen LogP contribution in [-0.4, -0.2) is 73.3 Å². The van der Waals surface area contributed by atoms with Crippen LogP contribution in [0.2, 0.25) is 6.32 Å². The molecule has 0 N–H and O–H groups in total. The summed E-state index contributed by atoms with van der Waals surface area (Å²) in [5, 5.41) is 0. The van der Waals surface area contributed by atoms with E-state index >= 15 is 0 Å². The van der Waals surface area contributed by atoms with Crippen LogP contribution in [0.3, 0.4) is 0 Å². The van der Waals surface area contributed by atoms with Gasteiger partial charge in [0.1, 0.15) is 0 Å². The van der Waals surface area contributed by atoms with E-state index in [0.717, 1.165) is 30.3 Å². The Hall–Kier alpha value is -3.05. The molecule has 247 valence electrons. The monoisotopic (exact) mass is 625 g/mol. The van der Waals surface area contributed by atoms with Crippen LogP contribution in [0.5, 0.6) is 0 Å². The van der Waals surface area contributed by atoms with Crippen molar-refractivity contribution in [3.63, 3.8) is 0 Å². The predicted octanol–water partition coefficient (Wildman–Crippen LogP) is 6.25. The highest BCUT2D eigenvalue weighted by Gasteiger charge is 2.50. The summed E-state index contributed by atoms with van der Waals surface area (Å²) in [6.45, 7) is 19.8. The number of carbonyl (C=O) groups is 2. The summed E-state index contributed by atoms with van der Waals surface area (Å²) in [6.07, 6.45) is 11.2. The minimum Gasteiger partial charge on any atom is -0.465 e. The van der Waals surface area contributed by atoms with E-state index in [0.29, 0.717) is 17.5 Å². The van der Waals surface area contributed by atoms with E-state index in [-0.39, 0.29) is 48.9 Å². The molecule has 10 nitrogen and oxygen atoms in total. The van der Waals surface area contributed by atoms with E-state index < -0.39 is 0 Å². The zero-order valence-corrected chi connectivity index (χ0v) is 27.9. The molecule has 2 aromatic rings. The first-order chi connectivity index (χ1) is 20.5. The molecule has 2 aromatic heterocycles. The number of methoxy groups -OCH3 is 2. The highest BCUT2D eigenvalue weighted by Crippen LogP contribution is 2.38. The Morgan fingerprint density at radius 2 is 1.27 bits per heavy atom. The summed E-state index contributed by atoms with van der Waals surface area (Å²) in [5.41, 5.74) is 1.89. The second-order valence-corrected chi connectivity index (χ2v) is 12.5. The van der Waals surface area contributed by atoms with Gasteiger partial charge in [0.2, 0.25) is 0 Å². The Morgan fingerprint density at radius 1 is 0.822 bits per heavy atom. The van der Waals surface area contributed by atoms with Gasteiger partial charge in [-0.05, 0) is 97.8 Å². The molecule has 0 aliphatic carbocycles.